The van der Waals surface area contributed by atoms with E-state index in [0.29, 0.717) is 17.9 Å². The number of rotatable bonds is 10. The summed E-state index contributed by atoms with van der Waals surface area (Å²) >= 11 is 0. The maximum Gasteiger partial charge on any atom is 0.246 e. The molecule has 0 aromatic heterocycles. The predicted molar refractivity (Wildman–Crippen MR) is 112 cm³/mol. The minimum absolute atomic E-state index is 0.202. The molecule has 5 heteroatoms. The lowest BCUT2D eigenvalue weighted by atomic mass is 9.95. The third kappa shape index (κ3) is 7.55. The van der Waals surface area contributed by atoms with E-state index in [1.807, 2.05) is 12.2 Å². The van der Waals surface area contributed by atoms with E-state index in [1.54, 1.807) is 7.11 Å². The average Bonchev–Trinajstić information content (AvgIpc) is 3.12. The number of likely N-dealkylation sites (N-methyl/N-ethyl adjacent to an activating group) is 1. The fraction of sp³-hybridized carbons (Fsp3) is 0.864. The molecule has 0 aliphatic carbocycles. The second-order valence-electron chi connectivity index (χ2n) is 8.55. The number of carbonyl (C=O) groups is 1. The third-order valence-corrected chi connectivity index (χ3v) is 6.07. The molecule has 5 nitrogen and oxygen atoms in total. The van der Waals surface area contributed by atoms with Crippen molar-refractivity contribution in [2.24, 2.45) is 11.8 Å². The van der Waals surface area contributed by atoms with E-state index in [9.17, 15) is 4.79 Å². The lowest BCUT2D eigenvalue weighted by Gasteiger charge is -2.36. The molecule has 1 amide bonds. The summed E-state index contributed by atoms with van der Waals surface area (Å²) in [6.45, 7) is 14.6. The molecule has 1 atom stereocenters. The normalized spacial score (nSPS) is 22.9. The Labute approximate surface area is 166 Å². The highest BCUT2D eigenvalue weighted by Gasteiger charge is 2.29. The summed E-state index contributed by atoms with van der Waals surface area (Å²) < 4.78 is 5.20. The van der Waals surface area contributed by atoms with Crippen LogP contribution in [-0.2, 0) is 9.53 Å². The smallest absolute Gasteiger partial charge is 0.246 e. The minimum Gasteiger partial charge on any atom is -0.383 e. The van der Waals surface area contributed by atoms with Gasteiger partial charge in [-0.3, -0.25) is 9.69 Å². The van der Waals surface area contributed by atoms with Crippen LogP contribution in [0.15, 0.2) is 12.2 Å². The Morgan fingerprint density at radius 3 is 2.56 bits per heavy atom. The summed E-state index contributed by atoms with van der Waals surface area (Å²) in [7, 11) is 1.77. The van der Waals surface area contributed by atoms with E-state index in [-0.39, 0.29) is 5.91 Å². The maximum atomic E-state index is 12.9. The molecule has 2 aliphatic rings. The first kappa shape index (κ1) is 22.4. The molecule has 0 spiro atoms. The Morgan fingerprint density at radius 1 is 1.19 bits per heavy atom. The summed E-state index contributed by atoms with van der Waals surface area (Å²) in [5.41, 5.74) is 0. The molecule has 2 saturated heterocycles. The molecule has 2 aliphatic heterocycles. The molecule has 0 radical (unpaired) electrons. The minimum atomic E-state index is 0.202. The highest BCUT2D eigenvalue weighted by Crippen LogP contribution is 2.22. The maximum absolute atomic E-state index is 12.9. The van der Waals surface area contributed by atoms with Gasteiger partial charge in [0.05, 0.1) is 6.61 Å². The van der Waals surface area contributed by atoms with Gasteiger partial charge in [-0.05, 0) is 69.8 Å². The Bertz CT molecular complexity index is 458. The predicted octanol–water partition coefficient (Wildman–Crippen LogP) is 2.87. The molecule has 0 N–H and O–H groups in total. The molecule has 27 heavy (non-hydrogen) atoms. The second-order valence-corrected chi connectivity index (χ2v) is 8.55. The number of hydrogen-bond donors (Lipinski definition) is 0. The highest BCUT2D eigenvalue weighted by molar-refractivity contribution is 5.87. The van der Waals surface area contributed by atoms with Crippen molar-refractivity contribution >= 4 is 5.91 Å². The van der Waals surface area contributed by atoms with E-state index in [1.165, 1.54) is 32.2 Å². The molecule has 0 aromatic carbocycles. The molecule has 0 saturated carbocycles. The third-order valence-electron chi connectivity index (χ3n) is 6.07. The molecule has 0 aromatic rings. The van der Waals surface area contributed by atoms with Crippen LogP contribution in [0.2, 0.25) is 0 Å². The van der Waals surface area contributed by atoms with Crippen LogP contribution in [0.5, 0.6) is 0 Å². The van der Waals surface area contributed by atoms with Crippen molar-refractivity contribution in [3.63, 3.8) is 0 Å². The standard InChI is InChI=1S/C22H41N3O2/c1-5-24-12-6-7-21(24)18-25(22(26)9-8-19(2)3)17-20-10-13-23(14-11-20)15-16-27-4/h8-9,19-21H,5-7,10-18H2,1-4H3/b9-8+. The van der Waals surface area contributed by atoms with Gasteiger partial charge < -0.3 is 14.5 Å². The largest absolute Gasteiger partial charge is 0.383 e. The first-order chi connectivity index (χ1) is 13.0. The Kier molecular flexibility index (Phi) is 9.80. The topological polar surface area (TPSA) is 36.0 Å². The van der Waals surface area contributed by atoms with Crippen LogP contribution in [0.1, 0.15) is 46.5 Å². The molecule has 2 rings (SSSR count). The summed E-state index contributed by atoms with van der Waals surface area (Å²) in [6, 6.07) is 0.535. The summed E-state index contributed by atoms with van der Waals surface area (Å²) in [5, 5.41) is 0. The van der Waals surface area contributed by atoms with Gasteiger partial charge in [0.2, 0.25) is 5.91 Å². The number of methoxy groups -OCH3 is 1. The Balaban J connectivity index is 1.92. The van der Waals surface area contributed by atoms with Crippen LogP contribution in [0.4, 0.5) is 0 Å². The number of piperidine rings is 1. The van der Waals surface area contributed by atoms with E-state index >= 15 is 0 Å². The van der Waals surface area contributed by atoms with E-state index < -0.39 is 0 Å². The van der Waals surface area contributed by atoms with Crippen molar-refractivity contribution in [3.8, 4) is 0 Å². The van der Waals surface area contributed by atoms with Crippen LogP contribution in [0, 0.1) is 11.8 Å². The monoisotopic (exact) mass is 379 g/mol. The van der Waals surface area contributed by atoms with Gasteiger partial charge in [-0.15, -0.1) is 0 Å². The summed E-state index contributed by atoms with van der Waals surface area (Å²) in [4.78, 5) is 20.1. The van der Waals surface area contributed by atoms with E-state index in [0.717, 1.165) is 45.9 Å². The first-order valence-corrected chi connectivity index (χ1v) is 11.0. The van der Waals surface area contributed by atoms with Crippen molar-refractivity contribution in [1.29, 1.82) is 0 Å². The zero-order valence-corrected chi connectivity index (χ0v) is 18.0. The fourth-order valence-electron chi connectivity index (χ4n) is 4.33. The number of carbonyl (C=O) groups excluding carboxylic acids is 1. The van der Waals surface area contributed by atoms with Crippen molar-refractivity contribution < 1.29 is 9.53 Å². The van der Waals surface area contributed by atoms with Crippen molar-refractivity contribution in [2.75, 3.05) is 59.5 Å². The van der Waals surface area contributed by atoms with Crippen LogP contribution >= 0.6 is 0 Å². The van der Waals surface area contributed by atoms with Gasteiger partial charge in [-0.2, -0.15) is 0 Å². The molecular formula is C22H41N3O2. The molecule has 0 bridgehead atoms. The number of ether oxygens (including phenoxy) is 1. The highest BCUT2D eigenvalue weighted by atomic mass is 16.5. The Hall–Kier alpha value is -0.910. The van der Waals surface area contributed by atoms with Gasteiger partial charge in [-0.1, -0.05) is 26.8 Å². The van der Waals surface area contributed by atoms with Crippen LogP contribution < -0.4 is 0 Å². The van der Waals surface area contributed by atoms with Crippen LogP contribution in [-0.4, -0.2) is 86.2 Å². The van der Waals surface area contributed by atoms with Crippen LogP contribution in [0.3, 0.4) is 0 Å². The Morgan fingerprint density at radius 2 is 1.93 bits per heavy atom. The van der Waals surface area contributed by atoms with Crippen molar-refractivity contribution in [3.05, 3.63) is 12.2 Å². The van der Waals surface area contributed by atoms with Gasteiger partial charge in [0.25, 0.3) is 0 Å². The number of hydrogen-bond acceptors (Lipinski definition) is 4. The zero-order valence-electron chi connectivity index (χ0n) is 18.0. The molecule has 1 unspecified atom stereocenters. The molecular weight excluding hydrogens is 338 g/mol. The summed E-state index contributed by atoms with van der Waals surface area (Å²) in [5.74, 6) is 1.24. The first-order valence-electron chi connectivity index (χ1n) is 11.0. The lowest BCUT2D eigenvalue weighted by molar-refractivity contribution is -0.127. The fourth-order valence-corrected chi connectivity index (χ4v) is 4.33. The number of amides is 1. The molecule has 2 heterocycles. The van der Waals surface area contributed by atoms with Gasteiger partial charge >= 0.3 is 0 Å². The number of allylic oxidation sites excluding steroid dienone is 1. The quantitative estimate of drug-likeness (QED) is 0.547. The van der Waals surface area contributed by atoms with Gasteiger partial charge in [0, 0.05) is 32.8 Å². The average molecular weight is 380 g/mol. The van der Waals surface area contributed by atoms with Crippen molar-refractivity contribution in [1.82, 2.24) is 14.7 Å². The zero-order chi connectivity index (χ0) is 19.6. The van der Waals surface area contributed by atoms with E-state index in [2.05, 4.69) is 35.5 Å². The lowest BCUT2D eigenvalue weighted by Crippen LogP contribution is -2.46. The van der Waals surface area contributed by atoms with Crippen molar-refractivity contribution in [2.45, 2.75) is 52.5 Å². The SMILES string of the molecule is CCN1CCCC1CN(CC1CCN(CCOC)CC1)C(=O)/C=C/C(C)C. The summed E-state index contributed by atoms with van der Waals surface area (Å²) in [6.07, 6.45) is 8.70. The van der Waals surface area contributed by atoms with Crippen LogP contribution in [0.25, 0.3) is 0 Å². The number of nitrogens with zero attached hydrogens (tertiary/aromatic N) is 3. The molecule has 2 fully saturated rings. The number of likely N-dealkylation sites (tertiary alicyclic amines) is 2. The van der Waals surface area contributed by atoms with E-state index in [4.69, 9.17) is 4.74 Å². The molecule has 156 valence electrons. The second kappa shape index (κ2) is 11.8. The van der Waals surface area contributed by atoms with Gasteiger partial charge in [-0.25, -0.2) is 0 Å². The van der Waals surface area contributed by atoms with Gasteiger partial charge in [0.1, 0.15) is 0 Å². The van der Waals surface area contributed by atoms with Gasteiger partial charge in [0.15, 0.2) is 0 Å².